The lowest BCUT2D eigenvalue weighted by Gasteiger charge is -2.41. The van der Waals surface area contributed by atoms with Crippen LogP contribution in [0.25, 0.3) is 22.3 Å². The molecule has 0 bridgehead atoms. The molecule has 1 aliphatic heterocycles. The molecule has 25 heavy (non-hydrogen) atoms. The third-order valence-electron chi connectivity index (χ3n) is 4.38. The summed E-state index contributed by atoms with van der Waals surface area (Å²) in [7, 11) is 0. The third kappa shape index (κ3) is 2.97. The standard InChI is InChI=1S/C16H14F3N5O/c17-16(18,19)6-11-3-4-24(11)15(25)13-5-9-1-2-12(22-14(9)23-13)10-7-20-21-8-10/h1-2,5,7-8,11H,3-4,6H2,(H,20,21)(H,22,23)/t11-/m1/s1. The Bertz CT molecular complexity index is 916. The van der Waals surface area contributed by atoms with Crippen LogP contribution in [-0.2, 0) is 0 Å². The van der Waals surface area contributed by atoms with Gasteiger partial charge in [-0.25, -0.2) is 4.98 Å². The van der Waals surface area contributed by atoms with Gasteiger partial charge in [0.25, 0.3) is 5.91 Å². The van der Waals surface area contributed by atoms with E-state index in [1.807, 2.05) is 0 Å². The van der Waals surface area contributed by atoms with Crippen molar-refractivity contribution in [3.05, 3.63) is 36.3 Å². The van der Waals surface area contributed by atoms with Crippen LogP contribution < -0.4 is 0 Å². The van der Waals surface area contributed by atoms with Crippen molar-refractivity contribution in [2.24, 2.45) is 0 Å². The number of aromatic nitrogens is 4. The number of rotatable bonds is 3. The largest absolute Gasteiger partial charge is 0.391 e. The number of likely N-dealkylation sites (tertiary alicyclic amines) is 1. The van der Waals surface area contributed by atoms with Crippen molar-refractivity contribution < 1.29 is 18.0 Å². The van der Waals surface area contributed by atoms with E-state index in [-0.39, 0.29) is 5.69 Å². The molecule has 0 saturated carbocycles. The number of hydrogen-bond acceptors (Lipinski definition) is 3. The predicted molar refractivity (Wildman–Crippen MR) is 83.8 cm³/mol. The van der Waals surface area contributed by atoms with Gasteiger partial charge in [0, 0.05) is 29.7 Å². The van der Waals surface area contributed by atoms with Gasteiger partial charge < -0.3 is 9.88 Å². The van der Waals surface area contributed by atoms with Crippen molar-refractivity contribution >= 4 is 16.9 Å². The lowest BCUT2D eigenvalue weighted by atomic mass is 9.99. The molecule has 9 heteroatoms. The van der Waals surface area contributed by atoms with Crippen molar-refractivity contribution in [3.63, 3.8) is 0 Å². The van der Waals surface area contributed by atoms with E-state index in [1.54, 1.807) is 30.6 Å². The molecule has 2 N–H and O–H groups in total. The number of fused-ring (bicyclic) bond motifs is 1. The Hall–Kier alpha value is -2.84. The molecule has 1 fully saturated rings. The van der Waals surface area contributed by atoms with Gasteiger partial charge in [0.05, 0.1) is 18.3 Å². The lowest BCUT2D eigenvalue weighted by molar-refractivity contribution is -0.152. The molecule has 0 unspecified atom stereocenters. The molecule has 0 spiro atoms. The summed E-state index contributed by atoms with van der Waals surface area (Å²) < 4.78 is 37.6. The molecule has 0 radical (unpaired) electrons. The number of pyridine rings is 1. The van der Waals surface area contributed by atoms with Crippen LogP contribution in [0.3, 0.4) is 0 Å². The monoisotopic (exact) mass is 349 g/mol. The predicted octanol–water partition coefficient (Wildman–Crippen LogP) is 3.12. The number of halogens is 3. The summed E-state index contributed by atoms with van der Waals surface area (Å²) in [6.45, 7) is 0.336. The smallest absolute Gasteiger partial charge is 0.335 e. The van der Waals surface area contributed by atoms with Crippen LogP contribution in [0.4, 0.5) is 13.2 Å². The highest BCUT2D eigenvalue weighted by Gasteiger charge is 2.41. The maximum atomic E-state index is 12.5. The zero-order valence-corrected chi connectivity index (χ0v) is 13.0. The van der Waals surface area contributed by atoms with Gasteiger partial charge in [0.2, 0.25) is 0 Å². The topological polar surface area (TPSA) is 77.7 Å². The zero-order valence-electron chi connectivity index (χ0n) is 13.0. The molecule has 1 atom stereocenters. The molecule has 4 heterocycles. The summed E-state index contributed by atoms with van der Waals surface area (Å²) >= 11 is 0. The summed E-state index contributed by atoms with van der Waals surface area (Å²) in [6.07, 6.45) is -1.54. The molecule has 1 saturated heterocycles. The number of nitrogens with zero attached hydrogens (tertiary/aromatic N) is 3. The highest BCUT2D eigenvalue weighted by molar-refractivity contribution is 5.98. The van der Waals surface area contributed by atoms with Crippen LogP contribution in [0.1, 0.15) is 23.3 Å². The second kappa shape index (κ2) is 5.61. The molecule has 1 aliphatic rings. The van der Waals surface area contributed by atoms with Gasteiger partial charge in [-0.3, -0.25) is 9.89 Å². The fourth-order valence-corrected chi connectivity index (χ4v) is 3.01. The average molecular weight is 349 g/mol. The SMILES string of the molecule is O=C(c1cc2ccc(-c3cn[nH]c3)nc2[nH]1)N1CC[C@@H]1CC(F)(F)F. The first kappa shape index (κ1) is 15.7. The van der Waals surface area contributed by atoms with Gasteiger partial charge in [-0.05, 0) is 24.6 Å². The molecule has 0 aliphatic carbocycles. The highest BCUT2D eigenvalue weighted by atomic mass is 19.4. The Morgan fingerprint density at radius 2 is 2.20 bits per heavy atom. The van der Waals surface area contributed by atoms with Crippen molar-refractivity contribution in [3.8, 4) is 11.3 Å². The summed E-state index contributed by atoms with van der Waals surface area (Å²) in [5, 5.41) is 7.29. The maximum absolute atomic E-state index is 12.5. The zero-order chi connectivity index (χ0) is 17.6. The summed E-state index contributed by atoms with van der Waals surface area (Å²) in [5.41, 5.74) is 2.24. The molecule has 6 nitrogen and oxygen atoms in total. The fraction of sp³-hybridized carbons (Fsp3) is 0.312. The minimum Gasteiger partial charge on any atom is -0.335 e. The Kier molecular flexibility index (Phi) is 3.52. The van der Waals surface area contributed by atoms with Gasteiger partial charge >= 0.3 is 6.18 Å². The van der Waals surface area contributed by atoms with Crippen molar-refractivity contribution in [1.29, 1.82) is 0 Å². The second-order valence-electron chi connectivity index (χ2n) is 6.06. The van der Waals surface area contributed by atoms with Gasteiger partial charge in [-0.1, -0.05) is 0 Å². The Morgan fingerprint density at radius 3 is 2.84 bits per heavy atom. The fourth-order valence-electron chi connectivity index (χ4n) is 3.01. The maximum Gasteiger partial charge on any atom is 0.391 e. The quantitative estimate of drug-likeness (QED) is 0.763. The van der Waals surface area contributed by atoms with Crippen LogP contribution >= 0.6 is 0 Å². The van der Waals surface area contributed by atoms with Crippen LogP contribution in [0.5, 0.6) is 0 Å². The molecule has 0 aromatic carbocycles. The van der Waals surface area contributed by atoms with Gasteiger partial charge in [-0.15, -0.1) is 0 Å². The molecule has 130 valence electrons. The Labute approximate surface area is 140 Å². The van der Waals surface area contributed by atoms with E-state index >= 15 is 0 Å². The molecular weight excluding hydrogens is 335 g/mol. The van der Waals surface area contributed by atoms with Gasteiger partial charge in [0.15, 0.2) is 0 Å². The Balaban J connectivity index is 1.58. The third-order valence-corrected chi connectivity index (χ3v) is 4.38. The second-order valence-corrected chi connectivity index (χ2v) is 6.06. The Morgan fingerprint density at radius 1 is 1.36 bits per heavy atom. The van der Waals surface area contributed by atoms with Crippen molar-refractivity contribution in [2.75, 3.05) is 6.54 Å². The van der Waals surface area contributed by atoms with Gasteiger partial charge in [-0.2, -0.15) is 18.3 Å². The summed E-state index contributed by atoms with van der Waals surface area (Å²) in [5.74, 6) is -0.427. The minimum absolute atomic E-state index is 0.249. The number of aromatic amines is 2. The molecular formula is C16H14F3N5O. The average Bonchev–Trinajstić information content (AvgIpc) is 3.19. The van der Waals surface area contributed by atoms with E-state index in [0.29, 0.717) is 24.3 Å². The first-order chi connectivity index (χ1) is 11.9. The molecule has 3 aromatic rings. The normalized spacial score (nSPS) is 17.7. The summed E-state index contributed by atoms with van der Waals surface area (Å²) in [6, 6.07) is 4.44. The van der Waals surface area contributed by atoms with E-state index in [9.17, 15) is 18.0 Å². The summed E-state index contributed by atoms with van der Waals surface area (Å²) in [4.78, 5) is 21.1. The van der Waals surface area contributed by atoms with E-state index in [4.69, 9.17) is 0 Å². The number of carbonyl (C=O) groups excluding carboxylic acids is 1. The first-order valence-corrected chi connectivity index (χ1v) is 7.77. The van der Waals surface area contributed by atoms with E-state index < -0.39 is 24.5 Å². The van der Waals surface area contributed by atoms with Crippen LogP contribution in [0.2, 0.25) is 0 Å². The van der Waals surface area contributed by atoms with Crippen LogP contribution in [-0.4, -0.2) is 49.7 Å². The van der Waals surface area contributed by atoms with Gasteiger partial charge in [0.1, 0.15) is 11.3 Å². The van der Waals surface area contributed by atoms with Crippen molar-refractivity contribution in [1.82, 2.24) is 25.1 Å². The van der Waals surface area contributed by atoms with E-state index in [1.165, 1.54) is 4.90 Å². The molecule has 4 rings (SSSR count). The van der Waals surface area contributed by atoms with Crippen LogP contribution in [0, 0.1) is 0 Å². The molecule has 3 aromatic heterocycles. The minimum atomic E-state index is -4.27. The number of amides is 1. The number of carbonyl (C=O) groups is 1. The number of H-pyrrole nitrogens is 2. The molecule has 1 amide bonds. The van der Waals surface area contributed by atoms with Crippen LogP contribution in [0.15, 0.2) is 30.6 Å². The van der Waals surface area contributed by atoms with E-state index in [2.05, 4.69) is 20.2 Å². The lowest BCUT2D eigenvalue weighted by Crippen LogP contribution is -2.52. The van der Waals surface area contributed by atoms with Crippen molar-refractivity contribution in [2.45, 2.75) is 25.1 Å². The number of hydrogen-bond donors (Lipinski definition) is 2. The van der Waals surface area contributed by atoms with E-state index in [0.717, 1.165) is 10.9 Å². The highest BCUT2D eigenvalue weighted by Crippen LogP contribution is 2.32. The first-order valence-electron chi connectivity index (χ1n) is 7.77. The number of alkyl halides is 3. The number of nitrogens with one attached hydrogen (secondary N) is 2.